The molecule has 0 bridgehead atoms. The number of rotatable bonds is 4. The van der Waals surface area contributed by atoms with E-state index < -0.39 is 20.6 Å². The molecule has 3 atom stereocenters. The molecule has 0 heterocycles. The van der Waals surface area contributed by atoms with Crippen LogP contribution in [0.4, 0.5) is 0 Å². The maximum absolute atomic E-state index is 12.9. The van der Waals surface area contributed by atoms with Crippen LogP contribution in [0.1, 0.15) is 17.0 Å². The van der Waals surface area contributed by atoms with Crippen molar-refractivity contribution in [3.63, 3.8) is 0 Å². The summed E-state index contributed by atoms with van der Waals surface area (Å²) >= 11 is 0. The third-order valence-electron chi connectivity index (χ3n) is 4.42. The molecule has 0 unspecified atom stereocenters. The minimum Gasteiger partial charge on any atom is -0.394 e. The highest BCUT2D eigenvalue weighted by molar-refractivity contribution is 7.92. The largest absolute Gasteiger partial charge is 0.394 e. The van der Waals surface area contributed by atoms with Gasteiger partial charge in [-0.2, -0.15) is 0 Å². The number of aliphatic hydroxyl groups excluding tert-OH is 1. The second-order valence-electron chi connectivity index (χ2n) is 5.94. The molecule has 0 aromatic heterocycles. The van der Waals surface area contributed by atoms with Gasteiger partial charge < -0.3 is 10.8 Å². The zero-order chi connectivity index (χ0) is 16.0. The normalized spacial score (nSPS) is 27.6. The molecule has 4 nitrogen and oxygen atoms in total. The summed E-state index contributed by atoms with van der Waals surface area (Å²) < 4.78 is 25.7. The van der Waals surface area contributed by atoms with Gasteiger partial charge in [-0.25, -0.2) is 8.42 Å². The van der Waals surface area contributed by atoms with Crippen LogP contribution in [-0.2, 0) is 9.84 Å². The molecule has 1 fully saturated rings. The Bertz CT molecular complexity index is 771. The Hall–Kier alpha value is -1.69. The molecular formula is C17H19NO3S. The topological polar surface area (TPSA) is 80.4 Å². The molecule has 0 aliphatic heterocycles. The summed E-state index contributed by atoms with van der Waals surface area (Å²) in [6, 6.07) is 16.0. The first-order valence-corrected chi connectivity index (χ1v) is 8.71. The van der Waals surface area contributed by atoms with Crippen molar-refractivity contribution >= 4 is 9.84 Å². The SMILES string of the molecule is Cc1ccc(S(=O)(=O)[C@@H]2[C@@H](c3ccccc3)[C@@]2(N)CO)cc1. The van der Waals surface area contributed by atoms with E-state index in [1.165, 1.54) is 0 Å². The Kier molecular flexibility index (Phi) is 3.59. The lowest BCUT2D eigenvalue weighted by molar-refractivity contribution is 0.253. The molecule has 0 amide bonds. The number of nitrogens with two attached hydrogens (primary N) is 1. The Balaban J connectivity index is 2.01. The number of hydrogen-bond donors (Lipinski definition) is 2. The van der Waals surface area contributed by atoms with Crippen LogP contribution < -0.4 is 5.73 Å². The quantitative estimate of drug-likeness (QED) is 0.898. The van der Waals surface area contributed by atoms with Crippen LogP contribution in [0.5, 0.6) is 0 Å². The van der Waals surface area contributed by atoms with Crippen molar-refractivity contribution in [3.8, 4) is 0 Å². The number of aryl methyl sites for hydroxylation is 1. The molecule has 0 saturated heterocycles. The number of sulfone groups is 1. The monoisotopic (exact) mass is 317 g/mol. The van der Waals surface area contributed by atoms with Crippen LogP contribution in [0, 0.1) is 6.92 Å². The van der Waals surface area contributed by atoms with Crippen molar-refractivity contribution in [1.82, 2.24) is 0 Å². The highest BCUT2D eigenvalue weighted by atomic mass is 32.2. The van der Waals surface area contributed by atoms with Gasteiger partial charge in [-0.05, 0) is 24.6 Å². The molecule has 2 aromatic rings. The summed E-state index contributed by atoms with van der Waals surface area (Å²) in [6.45, 7) is 1.55. The summed E-state index contributed by atoms with van der Waals surface area (Å²) in [5, 5.41) is 8.84. The zero-order valence-corrected chi connectivity index (χ0v) is 13.1. The van der Waals surface area contributed by atoms with Gasteiger partial charge in [-0.1, -0.05) is 48.0 Å². The molecule has 1 saturated carbocycles. The minimum absolute atomic E-state index is 0.254. The molecule has 22 heavy (non-hydrogen) atoms. The van der Waals surface area contributed by atoms with Gasteiger partial charge in [-0.3, -0.25) is 0 Å². The van der Waals surface area contributed by atoms with Crippen molar-refractivity contribution in [2.45, 2.75) is 28.5 Å². The standard InChI is InChI=1S/C17H19NO3S/c1-12-7-9-14(10-8-12)22(20,21)16-15(17(16,18)11-19)13-5-3-2-4-6-13/h2-10,15-16,19H,11,18H2,1H3/t15-,16-,17+/m1/s1. The predicted molar refractivity (Wildman–Crippen MR) is 85.3 cm³/mol. The van der Waals surface area contributed by atoms with Crippen LogP contribution in [0.3, 0.4) is 0 Å². The lowest BCUT2D eigenvalue weighted by atomic mass is 10.1. The van der Waals surface area contributed by atoms with Gasteiger partial charge in [0.1, 0.15) is 0 Å². The molecule has 3 rings (SSSR count). The molecule has 3 N–H and O–H groups in total. The smallest absolute Gasteiger partial charge is 0.183 e. The van der Waals surface area contributed by atoms with E-state index in [0.717, 1.165) is 11.1 Å². The van der Waals surface area contributed by atoms with Gasteiger partial charge in [0, 0.05) is 5.92 Å². The van der Waals surface area contributed by atoms with E-state index in [1.54, 1.807) is 24.3 Å². The van der Waals surface area contributed by atoms with E-state index in [4.69, 9.17) is 5.73 Å². The molecular weight excluding hydrogens is 298 g/mol. The average molecular weight is 317 g/mol. The van der Waals surface area contributed by atoms with E-state index in [9.17, 15) is 13.5 Å². The van der Waals surface area contributed by atoms with E-state index in [-0.39, 0.29) is 17.4 Å². The van der Waals surface area contributed by atoms with E-state index in [0.29, 0.717) is 0 Å². The van der Waals surface area contributed by atoms with E-state index >= 15 is 0 Å². The Labute approximate surface area is 130 Å². The van der Waals surface area contributed by atoms with Crippen LogP contribution in [0.15, 0.2) is 59.5 Å². The Morgan fingerprint density at radius 2 is 1.68 bits per heavy atom. The summed E-state index contributed by atoms with van der Waals surface area (Å²) in [5.74, 6) is -0.384. The van der Waals surface area contributed by atoms with Gasteiger partial charge in [0.05, 0.1) is 22.3 Å². The molecule has 0 radical (unpaired) electrons. The molecule has 2 aromatic carbocycles. The number of aliphatic hydroxyl groups is 1. The van der Waals surface area contributed by atoms with Crippen molar-refractivity contribution in [2.75, 3.05) is 6.61 Å². The maximum Gasteiger partial charge on any atom is 0.183 e. The van der Waals surface area contributed by atoms with E-state index in [1.807, 2.05) is 37.3 Å². The number of hydrogen-bond acceptors (Lipinski definition) is 4. The maximum atomic E-state index is 12.9. The van der Waals surface area contributed by atoms with Crippen LogP contribution in [0.25, 0.3) is 0 Å². The van der Waals surface area contributed by atoms with Crippen LogP contribution in [-0.4, -0.2) is 30.9 Å². The average Bonchev–Trinajstić information content (AvgIpc) is 3.16. The minimum atomic E-state index is -3.58. The number of benzene rings is 2. The van der Waals surface area contributed by atoms with Gasteiger partial charge in [0.2, 0.25) is 0 Å². The molecule has 1 aliphatic carbocycles. The van der Waals surface area contributed by atoms with Crippen LogP contribution in [0.2, 0.25) is 0 Å². The predicted octanol–water partition coefficient (Wildman–Crippen LogP) is 1.62. The first kappa shape index (κ1) is 15.2. The van der Waals surface area contributed by atoms with Crippen LogP contribution >= 0.6 is 0 Å². The summed E-state index contributed by atoms with van der Waals surface area (Å²) in [7, 11) is -3.58. The van der Waals surface area contributed by atoms with Crippen molar-refractivity contribution in [2.24, 2.45) is 5.73 Å². The van der Waals surface area contributed by atoms with Gasteiger partial charge in [0.15, 0.2) is 9.84 Å². The second-order valence-corrected chi connectivity index (χ2v) is 8.01. The van der Waals surface area contributed by atoms with E-state index in [2.05, 4.69) is 0 Å². The molecule has 0 spiro atoms. The highest BCUT2D eigenvalue weighted by Gasteiger charge is 2.68. The molecule has 1 aliphatic rings. The summed E-state index contributed by atoms with van der Waals surface area (Å²) in [5.41, 5.74) is 6.91. The summed E-state index contributed by atoms with van der Waals surface area (Å²) in [4.78, 5) is 0.254. The van der Waals surface area contributed by atoms with Crippen molar-refractivity contribution in [1.29, 1.82) is 0 Å². The van der Waals surface area contributed by atoms with Crippen molar-refractivity contribution in [3.05, 3.63) is 65.7 Å². The first-order chi connectivity index (χ1) is 10.4. The third kappa shape index (κ3) is 2.26. The molecule has 116 valence electrons. The first-order valence-electron chi connectivity index (χ1n) is 7.16. The summed E-state index contributed by atoms with van der Waals surface area (Å²) in [6.07, 6.45) is 0. The highest BCUT2D eigenvalue weighted by Crippen LogP contribution is 2.55. The lowest BCUT2D eigenvalue weighted by Crippen LogP contribution is -2.35. The fourth-order valence-electron chi connectivity index (χ4n) is 3.10. The fraction of sp³-hybridized carbons (Fsp3) is 0.294. The molecule has 5 heteroatoms. The van der Waals surface area contributed by atoms with Gasteiger partial charge in [-0.15, -0.1) is 0 Å². The third-order valence-corrected chi connectivity index (χ3v) is 6.73. The zero-order valence-electron chi connectivity index (χ0n) is 12.3. The fourth-order valence-corrected chi connectivity index (χ4v) is 5.40. The Morgan fingerprint density at radius 1 is 1.09 bits per heavy atom. The van der Waals surface area contributed by atoms with Crippen molar-refractivity contribution < 1.29 is 13.5 Å². The Morgan fingerprint density at radius 3 is 2.23 bits per heavy atom. The van der Waals surface area contributed by atoms with Gasteiger partial charge in [0.25, 0.3) is 0 Å². The second kappa shape index (κ2) is 5.19. The lowest BCUT2D eigenvalue weighted by Gasteiger charge is -2.08. The van der Waals surface area contributed by atoms with Gasteiger partial charge >= 0.3 is 0 Å².